The topological polar surface area (TPSA) is 15.3 Å². The minimum atomic E-state index is 0. The Bertz CT molecular complexity index is 357. The molecule has 3 heteroatoms. The highest BCUT2D eigenvalue weighted by molar-refractivity contribution is 5.85. The molecule has 1 N–H and O–H groups in total. The lowest BCUT2D eigenvalue weighted by Gasteiger charge is -2.36. The maximum absolute atomic E-state index is 3.58. The summed E-state index contributed by atoms with van der Waals surface area (Å²) in [5, 5.41) is 3.58. The van der Waals surface area contributed by atoms with Gasteiger partial charge in [0.15, 0.2) is 0 Å². The van der Waals surface area contributed by atoms with Crippen LogP contribution in [0.5, 0.6) is 0 Å². The summed E-state index contributed by atoms with van der Waals surface area (Å²) in [6.45, 7) is 10.2. The maximum Gasteiger partial charge on any atom is 0.0237 e. The van der Waals surface area contributed by atoms with E-state index in [1.807, 2.05) is 0 Å². The molecule has 0 aromatic heterocycles. The van der Waals surface area contributed by atoms with Gasteiger partial charge >= 0.3 is 0 Å². The van der Waals surface area contributed by atoms with Crippen molar-refractivity contribution >= 4 is 12.4 Å². The summed E-state index contributed by atoms with van der Waals surface area (Å²) in [6.07, 6.45) is 1.13. The van der Waals surface area contributed by atoms with Crippen molar-refractivity contribution < 1.29 is 0 Å². The van der Waals surface area contributed by atoms with Crippen LogP contribution in [0.25, 0.3) is 0 Å². The number of halogens is 1. The number of nitrogens with one attached hydrogen (secondary N) is 1. The number of hydrogen-bond acceptors (Lipinski definition) is 2. The molecule has 1 aromatic carbocycles. The smallest absolute Gasteiger partial charge is 0.0237 e. The van der Waals surface area contributed by atoms with Crippen molar-refractivity contribution in [2.45, 2.75) is 45.8 Å². The van der Waals surface area contributed by atoms with E-state index in [0.29, 0.717) is 12.1 Å². The highest BCUT2D eigenvalue weighted by Gasteiger charge is 2.21. The third-order valence-electron chi connectivity index (χ3n) is 3.53. The molecular weight excluding hydrogens is 244 g/mol. The molecule has 0 aliphatic carbocycles. The van der Waals surface area contributed by atoms with E-state index in [9.17, 15) is 0 Å². The summed E-state index contributed by atoms with van der Waals surface area (Å²) < 4.78 is 0. The lowest BCUT2D eigenvalue weighted by Crippen LogP contribution is -2.53. The zero-order valence-corrected chi connectivity index (χ0v) is 12.5. The molecule has 0 saturated carbocycles. The number of piperazine rings is 1. The normalized spacial score (nSPS) is 24.6. The summed E-state index contributed by atoms with van der Waals surface area (Å²) in [5.74, 6) is 0. The molecule has 2 unspecified atom stereocenters. The van der Waals surface area contributed by atoms with Gasteiger partial charge in [-0.3, -0.25) is 4.90 Å². The van der Waals surface area contributed by atoms with Gasteiger partial charge in [-0.25, -0.2) is 0 Å². The van der Waals surface area contributed by atoms with Gasteiger partial charge in [-0.1, -0.05) is 31.2 Å². The molecule has 0 amide bonds. The number of aryl methyl sites for hydroxylation is 1. The minimum absolute atomic E-state index is 0. The zero-order chi connectivity index (χ0) is 12.3. The van der Waals surface area contributed by atoms with Gasteiger partial charge in [0.2, 0.25) is 0 Å². The first-order chi connectivity index (χ1) is 8.19. The Labute approximate surface area is 117 Å². The largest absolute Gasteiger partial charge is 0.309 e. The van der Waals surface area contributed by atoms with Crippen molar-refractivity contribution in [2.75, 3.05) is 13.1 Å². The van der Waals surface area contributed by atoms with Crippen LogP contribution in [0.2, 0.25) is 0 Å². The second-order valence-electron chi connectivity index (χ2n) is 5.29. The number of rotatable bonds is 3. The Morgan fingerprint density at radius 1 is 1.11 bits per heavy atom. The van der Waals surface area contributed by atoms with E-state index in [1.165, 1.54) is 11.1 Å². The van der Waals surface area contributed by atoms with Crippen LogP contribution in [-0.4, -0.2) is 30.1 Å². The fraction of sp³-hybridized carbons (Fsp3) is 0.600. The van der Waals surface area contributed by atoms with Crippen LogP contribution in [0.15, 0.2) is 24.3 Å². The highest BCUT2D eigenvalue weighted by Crippen LogP contribution is 2.14. The molecule has 1 aliphatic rings. The third kappa shape index (κ3) is 3.98. The fourth-order valence-electron chi connectivity index (χ4n) is 2.87. The van der Waals surface area contributed by atoms with Crippen LogP contribution >= 0.6 is 12.4 Å². The van der Waals surface area contributed by atoms with Gasteiger partial charge < -0.3 is 5.32 Å². The second kappa shape index (κ2) is 7.13. The highest BCUT2D eigenvalue weighted by atomic mass is 35.5. The monoisotopic (exact) mass is 268 g/mol. The molecule has 1 heterocycles. The van der Waals surface area contributed by atoms with Crippen molar-refractivity contribution in [3.05, 3.63) is 35.4 Å². The average Bonchev–Trinajstić information content (AvgIpc) is 2.28. The van der Waals surface area contributed by atoms with Crippen molar-refractivity contribution in [1.29, 1.82) is 0 Å². The third-order valence-corrected chi connectivity index (χ3v) is 3.53. The number of nitrogens with zero attached hydrogens (tertiary/aromatic N) is 1. The first-order valence-corrected chi connectivity index (χ1v) is 6.74. The molecule has 0 bridgehead atoms. The molecular formula is C15H25ClN2. The van der Waals surface area contributed by atoms with E-state index >= 15 is 0 Å². The molecule has 1 fully saturated rings. The molecule has 2 rings (SSSR count). The minimum Gasteiger partial charge on any atom is -0.309 e. The lowest BCUT2D eigenvalue weighted by molar-refractivity contribution is 0.166. The summed E-state index contributed by atoms with van der Waals surface area (Å²) in [5.41, 5.74) is 2.99. The first-order valence-electron chi connectivity index (χ1n) is 6.74. The Morgan fingerprint density at radius 2 is 1.67 bits per heavy atom. The van der Waals surface area contributed by atoms with E-state index in [-0.39, 0.29) is 12.4 Å². The van der Waals surface area contributed by atoms with Gasteiger partial charge in [-0.05, 0) is 31.4 Å². The van der Waals surface area contributed by atoms with Crippen molar-refractivity contribution in [2.24, 2.45) is 0 Å². The molecule has 1 saturated heterocycles. The Morgan fingerprint density at radius 3 is 2.22 bits per heavy atom. The molecule has 2 atom stereocenters. The van der Waals surface area contributed by atoms with E-state index in [0.717, 1.165) is 26.1 Å². The second-order valence-corrected chi connectivity index (χ2v) is 5.29. The van der Waals surface area contributed by atoms with Crippen LogP contribution in [-0.2, 0) is 13.0 Å². The molecule has 1 aliphatic heterocycles. The van der Waals surface area contributed by atoms with Crippen molar-refractivity contribution in [1.82, 2.24) is 10.2 Å². The van der Waals surface area contributed by atoms with Crippen LogP contribution in [0.1, 0.15) is 31.9 Å². The quantitative estimate of drug-likeness (QED) is 0.907. The van der Waals surface area contributed by atoms with E-state index < -0.39 is 0 Å². The Balaban J connectivity index is 0.00000162. The Hall–Kier alpha value is -0.570. The molecule has 0 spiro atoms. The van der Waals surface area contributed by atoms with Gasteiger partial charge in [0, 0.05) is 31.7 Å². The predicted molar refractivity (Wildman–Crippen MR) is 80.4 cm³/mol. The van der Waals surface area contributed by atoms with E-state index in [2.05, 4.69) is 55.3 Å². The van der Waals surface area contributed by atoms with Crippen LogP contribution in [0.3, 0.4) is 0 Å². The average molecular weight is 269 g/mol. The van der Waals surface area contributed by atoms with Gasteiger partial charge in [0.1, 0.15) is 0 Å². The SMILES string of the molecule is CCc1ccccc1CN1CC(C)NC(C)C1.Cl. The molecule has 102 valence electrons. The van der Waals surface area contributed by atoms with Gasteiger partial charge in [0.25, 0.3) is 0 Å². The van der Waals surface area contributed by atoms with E-state index in [4.69, 9.17) is 0 Å². The van der Waals surface area contributed by atoms with Gasteiger partial charge in [-0.2, -0.15) is 0 Å². The van der Waals surface area contributed by atoms with Crippen LogP contribution in [0.4, 0.5) is 0 Å². The van der Waals surface area contributed by atoms with Crippen molar-refractivity contribution in [3.63, 3.8) is 0 Å². The van der Waals surface area contributed by atoms with Gasteiger partial charge in [-0.15, -0.1) is 12.4 Å². The summed E-state index contributed by atoms with van der Waals surface area (Å²) >= 11 is 0. The maximum atomic E-state index is 3.58. The molecule has 18 heavy (non-hydrogen) atoms. The molecule has 0 radical (unpaired) electrons. The first kappa shape index (κ1) is 15.5. The number of benzene rings is 1. The summed E-state index contributed by atoms with van der Waals surface area (Å²) in [4.78, 5) is 2.57. The molecule has 1 aromatic rings. The standard InChI is InChI=1S/C15H24N2.ClH/c1-4-14-7-5-6-8-15(14)11-17-9-12(2)16-13(3)10-17;/h5-8,12-13,16H,4,9-11H2,1-3H3;1H. The lowest BCUT2D eigenvalue weighted by atomic mass is 10.0. The van der Waals surface area contributed by atoms with Crippen LogP contribution in [0, 0.1) is 0 Å². The predicted octanol–water partition coefficient (Wildman–Crippen LogP) is 2.85. The zero-order valence-electron chi connectivity index (χ0n) is 11.6. The molecule has 2 nitrogen and oxygen atoms in total. The fourth-order valence-corrected chi connectivity index (χ4v) is 2.87. The number of hydrogen-bond donors (Lipinski definition) is 1. The summed E-state index contributed by atoms with van der Waals surface area (Å²) in [7, 11) is 0. The van der Waals surface area contributed by atoms with Gasteiger partial charge in [0.05, 0.1) is 0 Å². The van der Waals surface area contributed by atoms with E-state index in [1.54, 1.807) is 0 Å². The Kier molecular flexibility index (Phi) is 6.13. The summed E-state index contributed by atoms with van der Waals surface area (Å²) in [6, 6.07) is 10.0. The van der Waals surface area contributed by atoms with Crippen LogP contribution < -0.4 is 5.32 Å². The van der Waals surface area contributed by atoms with Crippen molar-refractivity contribution in [3.8, 4) is 0 Å².